The van der Waals surface area contributed by atoms with Crippen molar-refractivity contribution in [2.75, 3.05) is 19.8 Å². The molecule has 6 heteroatoms. The predicted molar refractivity (Wildman–Crippen MR) is 71.1 cm³/mol. The molecule has 0 bridgehead atoms. The summed E-state index contributed by atoms with van der Waals surface area (Å²) in [6, 6.07) is -0.194. The fourth-order valence-corrected chi connectivity index (χ4v) is 2.06. The second-order valence-corrected chi connectivity index (χ2v) is 5.83. The molecule has 0 aromatic rings. The maximum absolute atomic E-state index is 12.2. The van der Waals surface area contributed by atoms with Crippen molar-refractivity contribution in [2.24, 2.45) is 0 Å². The van der Waals surface area contributed by atoms with E-state index in [4.69, 9.17) is 9.84 Å². The van der Waals surface area contributed by atoms with Crippen molar-refractivity contribution in [1.82, 2.24) is 10.2 Å². The molecule has 6 nitrogen and oxygen atoms in total. The smallest absolute Gasteiger partial charge is 0.318 e. The average molecular weight is 272 g/mol. The molecule has 2 amide bonds. The molecular weight excluding hydrogens is 248 g/mol. The number of hydrogen-bond acceptors (Lipinski definition) is 3. The van der Waals surface area contributed by atoms with E-state index in [0.717, 1.165) is 19.4 Å². The molecule has 1 aliphatic heterocycles. The minimum atomic E-state index is -0.900. The molecule has 0 saturated carbocycles. The lowest BCUT2D eigenvalue weighted by molar-refractivity contribution is -0.137. The van der Waals surface area contributed by atoms with Crippen molar-refractivity contribution >= 4 is 12.0 Å². The summed E-state index contributed by atoms with van der Waals surface area (Å²) in [6.07, 6.45) is 1.80. The van der Waals surface area contributed by atoms with E-state index in [1.165, 1.54) is 0 Å². The zero-order valence-electron chi connectivity index (χ0n) is 11.9. The molecule has 0 radical (unpaired) electrons. The number of carbonyl (C=O) groups is 2. The van der Waals surface area contributed by atoms with Gasteiger partial charge >= 0.3 is 12.0 Å². The Hall–Kier alpha value is -1.30. The van der Waals surface area contributed by atoms with E-state index >= 15 is 0 Å². The van der Waals surface area contributed by atoms with Crippen LogP contribution in [0.3, 0.4) is 0 Å². The summed E-state index contributed by atoms with van der Waals surface area (Å²) < 4.78 is 5.32. The van der Waals surface area contributed by atoms with Gasteiger partial charge in [0.05, 0.1) is 19.1 Å². The quantitative estimate of drug-likeness (QED) is 0.812. The van der Waals surface area contributed by atoms with E-state index < -0.39 is 11.5 Å². The highest BCUT2D eigenvalue weighted by Crippen LogP contribution is 2.15. The summed E-state index contributed by atoms with van der Waals surface area (Å²) >= 11 is 0. The predicted octanol–water partition coefficient (Wildman–Crippen LogP) is 1.45. The first-order valence-electron chi connectivity index (χ1n) is 6.68. The Morgan fingerprint density at radius 3 is 2.58 bits per heavy atom. The standard InChI is InChI=1S/C13H24N2O4/c1-13(2,3)15(7-6-11(16)17)12(18)14-10-5-4-8-19-9-10/h10H,4-9H2,1-3H3,(H,14,18)(H,16,17). The van der Waals surface area contributed by atoms with E-state index in [2.05, 4.69) is 5.32 Å². The molecule has 1 saturated heterocycles. The average Bonchev–Trinajstić information content (AvgIpc) is 2.28. The molecule has 1 rings (SSSR count). The van der Waals surface area contributed by atoms with Crippen LogP contribution in [0, 0.1) is 0 Å². The molecule has 1 aliphatic rings. The van der Waals surface area contributed by atoms with Gasteiger partial charge in [-0.3, -0.25) is 4.79 Å². The molecule has 0 spiro atoms. The normalized spacial score (nSPS) is 19.8. The van der Waals surface area contributed by atoms with Gasteiger partial charge in [-0.1, -0.05) is 0 Å². The number of hydrogen-bond donors (Lipinski definition) is 2. The van der Waals surface area contributed by atoms with E-state index in [0.29, 0.717) is 6.61 Å². The Labute approximate surface area is 114 Å². The molecule has 1 heterocycles. The summed E-state index contributed by atoms with van der Waals surface area (Å²) in [5, 5.41) is 11.7. The third-order valence-corrected chi connectivity index (χ3v) is 3.09. The van der Waals surface area contributed by atoms with Crippen molar-refractivity contribution in [3.8, 4) is 0 Å². The van der Waals surface area contributed by atoms with Crippen LogP contribution in [0.2, 0.25) is 0 Å². The minimum absolute atomic E-state index is 0.0240. The van der Waals surface area contributed by atoms with Crippen molar-refractivity contribution in [2.45, 2.75) is 51.6 Å². The minimum Gasteiger partial charge on any atom is -0.481 e. The van der Waals surface area contributed by atoms with Crippen LogP contribution in [-0.2, 0) is 9.53 Å². The lowest BCUT2D eigenvalue weighted by Crippen LogP contribution is -2.54. The van der Waals surface area contributed by atoms with Gasteiger partial charge in [-0.2, -0.15) is 0 Å². The van der Waals surface area contributed by atoms with Crippen molar-refractivity contribution in [3.63, 3.8) is 0 Å². The zero-order valence-corrected chi connectivity index (χ0v) is 11.9. The molecular formula is C13H24N2O4. The number of carboxylic acid groups (broad SMARTS) is 1. The molecule has 2 N–H and O–H groups in total. The van der Waals surface area contributed by atoms with Gasteiger partial charge in [0.2, 0.25) is 0 Å². The van der Waals surface area contributed by atoms with Crippen molar-refractivity contribution < 1.29 is 19.4 Å². The van der Waals surface area contributed by atoms with Crippen LogP contribution >= 0.6 is 0 Å². The third kappa shape index (κ3) is 5.46. The molecule has 0 aliphatic carbocycles. The van der Waals surface area contributed by atoms with Gasteiger partial charge in [-0.05, 0) is 33.6 Å². The number of rotatable bonds is 4. The van der Waals surface area contributed by atoms with E-state index in [9.17, 15) is 9.59 Å². The Morgan fingerprint density at radius 1 is 1.42 bits per heavy atom. The molecule has 0 aromatic carbocycles. The monoisotopic (exact) mass is 272 g/mol. The van der Waals surface area contributed by atoms with Crippen molar-refractivity contribution in [3.05, 3.63) is 0 Å². The van der Waals surface area contributed by atoms with Crippen LogP contribution in [-0.4, -0.2) is 53.3 Å². The Bertz CT molecular complexity index is 319. The van der Waals surface area contributed by atoms with Gasteiger partial charge in [0.1, 0.15) is 0 Å². The maximum Gasteiger partial charge on any atom is 0.318 e. The second kappa shape index (κ2) is 6.75. The SMILES string of the molecule is CC(C)(C)N(CCC(=O)O)C(=O)NC1CCCOC1. The molecule has 1 unspecified atom stereocenters. The molecule has 1 fully saturated rings. The summed E-state index contributed by atoms with van der Waals surface area (Å²) in [4.78, 5) is 24.5. The zero-order chi connectivity index (χ0) is 14.5. The molecule has 0 aromatic heterocycles. The lowest BCUT2D eigenvalue weighted by atomic mass is 10.1. The number of carbonyl (C=O) groups excluding carboxylic acids is 1. The number of amides is 2. The lowest BCUT2D eigenvalue weighted by Gasteiger charge is -2.37. The van der Waals surface area contributed by atoms with Crippen LogP contribution in [0.15, 0.2) is 0 Å². The number of ether oxygens (including phenoxy) is 1. The Balaban J connectivity index is 2.57. The summed E-state index contributed by atoms with van der Waals surface area (Å²) in [5.41, 5.74) is -0.408. The number of nitrogens with zero attached hydrogens (tertiary/aromatic N) is 1. The van der Waals surface area contributed by atoms with Gasteiger partial charge in [0, 0.05) is 18.7 Å². The van der Waals surface area contributed by atoms with E-state index in [1.54, 1.807) is 4.90 Å². The molecule has 110 valence electrons. The first-order chi connectivity index (χ1) is 8.80. The molecule has 19 heavy (non-hydrogen) atoms. The van der Waals surface area contributed by atoms with Crippen LogP contribution in [0.1, 0.15) is 40.0 Å². The first kappa shape index (κ1) is 15.8. The van der Waals surface area contributed by atoms with Gasteiger partial charge in [-0.15, -0.1) is 0 Å². The van der Waals surface area contributed by atoms with Crippen LogP contribution in [0.5, 0.6) is 0 Å². The second-order valence-electron chi connectivity index (χ2n) is 5.83. The number of aliphatic carboxylic acids is 1. The Kier molecular flexibility index (Phi) is 5.60. The van der Waals surface area contributed by atoms with Gasteiger partial charge in [0.15, 0.2) is 0 Å². The summed E-state index contributed by atoms with van der Waals surface area (Å²) in [6.45, 7) is 7.17. The van der Waals surface area contributed by atoms with Gasteiger partial charge in [-0.25, -0.2) is 4.79 Å². The van der Waals surface area contributed by atoms with Crippen molar-refractivity contribution in [1.29, 1.82) is 0 Å². The van der Waals surface area contributed by atoms with E-state index in [1.807, 2.05) is 20.8 Å². The highest BCUT2D eigenvalue weighted by Gasteiger charge is 2.28. The third-order valence-electron chi connectivity index (χ3n) is 3.09. The highest BCUT2D eigenvalue weighted by atomic mass is 16.5. The summed E-state index contributed by atoms with van der Waals surface area (Å²) in [7, 11) is 0. The Morgan fingerprint density at radius 2 is 2.11 bits per heavy atom. The first-order valence-corrected chi connectivity index (χ1v) is 6.68. The van der Waals surface area contributed by atoms with Gasteiger partial charge < -0.3 is 20.1 Å². The number of carboxylic acids is 1. The summed E-state index contributed by atoms with van der Waals surface area (Å²) in [5.74, 6) is -0.900. The van der Waals surface area contributed by atoms with Gasteiger partial charge in [0.25, 0.3) is 0 Å². The largest absolute Gasteiger partial charge is 0.481 e. The van der Waals surface area contributed by atoms with E-state index in [-0.39, 0.29) is 25.0 Å². The van der Waals surface area contributed by atoms with Crippen LogP contribution in [0.4, 0.5) is 4.79 Å². The maximum atomic E-state index is 12.2. The fraction of sp³-hybridized carbons (Fsp3) is 0.846. The number of nitrogens with one attached hydrogen (secondary N) is 1. The highest BCUT2D eigenvalue weighted by molar-refractivity contribution is 5.76. The fourth-order valence-electron chi connectivity index (χ4n) is 2.06. The van der Waals surface area contributed by atoms with Crippen LogP contribution in [0.25, 0.3) is 0 Å². The van der Waals surface area contributed by atoms with Crippen LogP contribution < -0.4 is 5.32 Å². The topological polar surface area (TPSA) is 78.9 Å². The number of urea groups is 1. The molecule has 1 atom stereocenters.